The molecule has 2 nitrogen and oxygen atoms in total. The van der Waals surface area contributed by atoms with Crippen LogP contribution in [0.5, 0.6) is 0 Å². The third-order valence-electron chi connectivity index (χ3n) is 1.98. The summed E-state index contributed by atoms with van der Waals surface area (Å²) in [6.07, 6.45) is 3.99. The number of hydrogen-bond acceptors (Lipinski definition) is 5. The summed E-state index contributed by atoms with van der Waals surface area (Å²) in [4.78, 5) is 8.85. The molecule has 7 heteroatoms. The van der Waals surface area contributed by atoms with Crippen molar-refractivity contribution in [3.05, 3.63) is 22.2 Å². The quantitative estimate of drug-likeness (QED) is 0.525. The maximum Gasteiger partial charge on any atom is 0.211 e. The Kier molecular flexibility index (Phi) is 4.60. The molecular weight excluding hydrogens is 315 g/mol. The number of hydrogen-bond donors (Lipinski definition) is 0. The highest BCUT2D eigenvalue weighted by Crippen LogP contribution is 2.36. The minimum absolute atomic E-state index is 0.497. The molecule has 0 spiro atoms. The average Bonchev–Trinajstić information content (AvgIpc) is 2.74. The smallest absolute Gasteiger partial charge is 0.211 e. The Labute approximate surface area is 122 Å². The summed E-state index contributed by atoms with van der Waals surface area (Å²) in [7, 11) is 0. The lowest BCUT2D eigenvalue weighted by Gasteiger charge is -1.94. The standard InChI is InChI=1S/C10H8Cl2N2S3/c1-15-10(16-2)14-9-13-8-6(17-9)4-3-5(11)7(8)12/h3-4H,1-2H3. The zero-order valence-corrected chi connectivity index (χ0v) is 13.0. The molecule has 2 rings (SSSR count). The molecule has 1 aromatic carbocycles. The molecule has 0 radical (unpaired) electrons. The molecule has 0 saturated heterocycles. The van der Waals surface area contributed by atoms with Crippen LogP contribution in [0.3, 0.4) is 0 Å². The van der Waals surface area contributed by atoms with E-state index in [0.29, 0.717) is 15.2 Å². The monoisotopic (exact) mass is 322 g/mol. The van der Waals surface area contributed by atoms with E-state index in [9.17, 15) is 0 Å². The van der Waals surface area contributed by atoms with Gasteiger partial charge in [-0.15, -0.1) is 23.5 Å². The lowest BCUT2D eigenvalue weighted by atomic mass is 10.3. The van der Waals surface area contributed by atoms with Crippen molar-refractivity contribution in [2.75, 3.05) is 12.5 Å². The summed E-state index contributed by atoms with van der Waals surface area (Å²) in [5.74, 6) is 0. The minimum Gasteiger partial charge on any atom is -0.217 e. The summed E-state index contributed by atoms with van der Waals surface area (Å²) in [6, 6.07) is 3.69. The maximum atomic E-state index is 6.10. The van der Waals surface area contributed by atoms with E-state index in [0.717, 1.165) is 14.6 Å². The summed E-state index contributed by atoms with van der Waals surface area (Å²) < 4.78 is 1.98. The molecule has 0 atom stereocenters. The molecule has 0 aliphatic heterocycles. The first-order valence-electron chi connectivity index (χ1n) is 4.57. The van der Waals surface area contributed by atoms with E-state index in [1.165, 1.54) is 11.3 Å². The SMILES string of the molecule is CSC(=Nc1nc2c(Cl)c(Cl)ccc2s1)SC. The average molecular weight is 323 g/mol. The summed E-state index contributed by atoms with van der Waals surface area (Å²) in [5, 5.41) is 1.73. The third-order valence-corrected chi connectivity index (χ3v) is 5.57. The molecule has 1 aromatic heterocycles. The van der Waals surface area contributed by atoms with Crippen molar-refractivity contribution >= 4 is 77.8 Å². The molecule has 0 aliphatic carbocycles. The van der Waals surface area contributed by atoms with E-state index in [-0.39, 0.29) is 0 Å². The van der Waals surface area contributed by atoms with Gasteiger partial charge in [0.1, 0.15) is 9.89 Å². The number of fused-ring (bicyclic) bond motifs is 1. The van der Waals surface area contributed by atoms with E-state index >= 15 is 0 Å². The number of aliphatic imine (C=N–C) groups is 1. The van der Waals surface area contributed by atoms with Gasteiger partial charge in [-0.05, 0) is 24.6 Å². The predicted molar refractivity (Wildman–Crippen MR) is 83.8 cm³/mol. The Bertz CT molecular complexity index is 574. The third kappa shape index (κ3) is 2.90. The molecule has 0 amide bonds. The highest BCUT2D eigenvalue weighted by atomic mass is 35.5. The molecule has 0 unspecified atom stereocenters. The topological polar surface area (TPSA) is 25.2 Å². The summed E-state index contributed by atoms with van der Waals surface area (Å²) in [5.41, 5.74) is 0.726. The van der Waals surface area contributed by atoms with Gasteiger partial charge in [0.05, 0.1) is 14.7 Å². The van der Waals surface area contributed by atoms with Crippen LogP contribution in [0.1, 0.15) is 0 Å². The van der Waals surface area contributed by atoms with Crippen LogP contribution in [-0.2, 0) is 0 Å². The van der Waals surface area contributed by atoms with Gasteiger partial charge in [-0.1, -0.05) is 34.5 Å². The molecule has 0 bridgehead atoms. The first-order valence-corrected chi connectivity index (χ1v) is 8.59. The van der Waals surface area contributed by atoms with Crippen molar-refractivity contribution in [2.45, 2.75) is 0 Å². The normalized spacial score (nSPS) is 10.8. The number of thiazole rings is 1. The van der Waals surface area contributed by atoms with Gasteiger partial charge in [0.25, 0.3) is 0 Å². The molecule has 17 heavy (non-hydrogen) atoms. The maximum absolute atomic E-state index is 6.10. The fourth-order valence-corrected chi connectivity index (χ4v) is 3.63. The van der Waals surface area contributed by atoms with Crippen molar-refractivity contribution in [3.8, 4) is 0 Å². The van der Waals surface area contributed by atoms with Crippen LogP contribution in [0.15, 0.2) is 17.1 Å². The van der Waals surface area contributed by atoms with Gasteiger partial charge in [-0.2, -0.15) is 0 Å². The molecule has 0 fully saturated rings. The van der Waals surface area contributed by atoms with E-state index in [1.54, 1.807) is 29.6 Å². The van der Waals surface area contributed by atoms with E-state index in [2.05, 4.69) is 9.98 Å². The second kappa shape index (κ2) is 5.80. The number of nitrogens with zero attached hydrogens (tertiary/aromatic N) is 2. The van der Waals surface area contributed by atoms with Gasteiger partial charge in [-0.25, -0.2) is 9.98 Å². The largest absolute Gasteiger partial charge is 0.217 e. The van der Waals surface area contributed by atoms with Gasteiger partial charge >= 0.3 is 0 Å². The first-order chi connectivity index (χ1) is 8.15. The van der Waals surface area contributed by atoms with Crippen LogP contribution in [0.25, 0.3) is 10.2 Å². The molecule has 0 N–H and O–H groups in total. The number of halogens is 2. The van der Waals surface area contributed by atoms with Gasteiger partial charge in [0.2, 0.25) is 5.13 Å². The molecular formula is C10H8Cl2N2S3. The number of thioether (sulfide) groups is 2. The van der Waals surface area contributed by atoms with Gasteiger partial charge in [0, 0.05) is 0 Å². The van der Waals surface area contributed by atoms with Crippen molar-refractivity contribution in [1.82, 2.24) is 4.98 Å². The zero-order valence-electron chi connectivity index (χ0n) is 9.03. The van der Waals surface area contributed by atoms with Gasteiger partial charge in [0.15, 0.2) is 0 Å². The van der Waals surface area contributed by atoms with Crippen LogP contribution < -0.4 is 0 Å². The van der Waals surface area contributed by atoms with E-state index in [4.69, 9.17) is 23.2 Å². The van der Waals surface area contributed by atoms with Crippen LogP contribution in [0, 0.1) is 0 Å². The van der Waals surface area contributed by atoms with Crippen LogP contribution in [0.2, 0.25) is 10.0 Å². The summed E-state index contributed by atoms with van der Waals surface area (Å²) >= 11 is 16.8. The lowest BCUT2D eigenvalue weighted by Crippen LogP contribution is -1.79. The second-order valence-corrected chi connectivity index (χ2v) is 6.63. The molecule has 0 aliphatic rings. The first kappa shape index (κ1) is 13.5. The van der Waals surface area contributed by atoms with E-state index in [1.807, 2.05) is 18.6 Å². The van der Waals surface area contributed by atoms with Crippen molar-refractivity contribution < 1.29 is 0 Å². The Morgan fingerprint density at radius 1 is 1.29 bits per heavy atom. The molecule has 2 aromatic rings. The highest BCUT2D eigenvalue weighted by molar-refractivity contribution is 8.38. The molecule has 1 heterocycles. The minimum atomic E-state index is 0.497. The fourth-order valence-electron chi connectivity index (χ4n) is 1.23. The van der Waals surface area contributed by atoms with Crippen molar-refractivity contribution in [3.63, 3.8) is 0 Å². The van der Waals surface area contributed by atoms with Crippen LogP contribution >= 0.6 is 58.1 Å². The van der Waals surface area contributed by atoms with Gasteiger partial charge in [-0.3, -0.25) is 0 Å². The number of benzene rings is 1. The second-order valence-electron chi connectivity index (χ2n) is 2.99. The fraction of sp³-hybridized carbons (Fsp3) is 0.200. The Balaban J connectivity index is 2.52. The Morgan fingerprint density at radius 2 is 2.00 bits per heavy atom. The van der Waals surface area contributed by atoms with E-state index < -0.39 is 0 Å². The Hall–Kier alpha value is 0.0600. The number of aromatic nitrogens is 1. The van der Waals surface area contributed by atoms with Crippen LogP contribution in [0.4, 0.5) is 5.13 Å². The predicted octanol–water partition coefficient (Wildman–Crippen LogP) is 5.32. The summed E-state index contributed by atoms with van der Waals surface area (Å²) in [6.45, 7) is 0. The van der Waals surface area contributed by atoms with Crippen molar-refractivity contribution in [2.24, 2.45) is 4.99 Å². The van der Waals surface area contributed by atoms with Crippen molar-refractivity contribution in [1.29, 1.82) is 0 Å². The van der Waals surface area contributed by atoms with Gasteiger partial charge < -0.3 is 0 Å². The van der Waals surface area contributed by atoms with Crippen LogP contribution in [-0.4, -0.2) is 21.9 Å². The molecule has 0 saturated carbocycles. The highest BCUT2D eigenvalue weighted by Gasteiger charge is 2.10. The number of rotatable bonds is 1. The Morgan fingerprint density at radius 3 is 2.65 bits per heavy atom. The lowest BCUT2D eigenvalue weighted by molar-refractivity contribution is 1.42. The zero-order chi connectivity index (χ0) is 12.4. The molecule has 90 valence electrons.